The van der Waals surface area contributed by atoms with Gasteiger partial charge in [-0.05, 0) is 43.7 Å². The number of benzene rings is 1. The van der Waals surface area contributed by atoms with Gasteiger partial charge in [-0.1, -0.05) is 6.42 Å². The topological polar surface area (TPSA) is 32.3 Å². The van der Waals surface area contributed by atoms with Crippen LogP contribution in [0.2, 0.25) is 0 Å². The predicted octanol–water partition coefficient (Wildman–Crippen LogP) is 2.35. The van der Waals surface area contributed by atoms with Crippen LogP contribution < -0.4 is 10.2 Å². The minimum Gasteiger partial charge on any atom is -0.314 e. The first kappa shape index (κ1) is 14.9. The summed E-state index contributed by atoms with van der Waals surface area (Å²) in [5.74, 6) is -0.235. The fraction of sp³-hybridized carbons (Fsp3) is 0.462. The monoisotopic (exact) mass is 272 g/mol. The van der Waals surface area contributed by atoms with Gasteiger partial charge in [0.25, 0.3) is 0 Å². The van der Waals surface area contributed by atoms with Gasteiger partial charge < -0.3 is 10.2 Å². The smallest absolute Gasteiger partial charge is 0.243 e. The Morgan fingerprint density at radius 3 is 2.56 bits per heavy atom. The second kappa shape index (κ2) is 6.71. The van der Waals surface area contributed by atoms with Crippen molar-refractivity contribution in [3.63, 3.8) is 0 Å². The van der Waals surface area contributed by atoms with E-state index in [1.54, 1.807) is 24.1 Å². The van der Waals surface area contributed by atoms with Crippen LogP contribution in [0.5, 0.6) is 0 Å². The van der Waals surface area contributed by atoms with E-state index in [9.17, 15) is 9.18 Å². The maximum atomic E-state index is 12.8. The Labute approximate surface area is 113 Å². The molecule has 2 rings (SSSR count). The van der Waals surface area contributed by atoms with Crippen LogP contribution in [0.4, 0.5) is 10.1 Å². The van der Waals surface area contributed by atoms with Crippen LogP contribution in [0.15, 0.2) is 24.3 Å². The number of nitrogens with zero attached hydrogens (tertiary/aromatic N) is 1. The number of nitrogens with one attached hydrogen (secondary N) is 1. The molecule has 1 aliphatic heterocycles. The lowest BCUT2D eigenvalue weighted by Crippen LogP contribution is -2.47. The molecule has 3 nitrogen and oxygen atoms in total. The summed E-state index contributed by atoms with van der Waals surface area (Å²) in [6.07, 6.45) is 3.09. The molecular weight excluding hydrogens is 255 g/mol. The number of rotatable bonds is 2. The molecule has 1 unspecified atom stereocenters. The van der Waals surface area contributed by atoms with Crippen LogP contribution in [0.3, 0.4) is 0 Å². The number of hydrogen-bond donors (Lipinski definition) is 1. The fourth-order valence-electron chi connectivity index (χ4n) is 2.09. The van der Waals surface area contributed by atoms with Crippen molar-refractivity contribution in [2.75, 3.05) is 18.5 Å². The summed E-state index contributed by atoms with van der Waals surface area (Å²) >= 11 is 0. The van der Waals surface area contributed by atoms with Gasteiger partial charge in [-0.3, -0.25) is 4.79 Å². The summed E-state index contributed by atoms with van der Waals surface area (Å²) < 4.78 is 12.8. The van der Waals surface area contributed by atoms with Crippen molar-refractivity contribution in [3.05, 3.63) is 30.1 Å². The summed E-state index contributed by atoms with van der Waals surface area (Å²) in [5, 5.41) is 3.22. The molecule has 1 aliphatic rings. The van der Waals surface area contributed by atoms with Crippen LogP contribution in [-0.4, -0.2) is 25.5 Å². The van der Waals surface area contributed by atoms with Crippen LogP contribution >= 0.6 is 12.4 Å². The molecule has 0 bridgehead atoms. The first-order valence-corrected chi connectivity index (χ1v) is 5.95. The third-order valence-corrected chi connectivity index (χ3v) is 3.15. The van der Waals surface area contributed by atoms with Gasteiger partial charge in [0.1, 0.15) is 5.82 Å². The Kier molecular flexibility index (Phi) is 5.56. The largest absolute Gasteiger partial charge is 0.314 e. The van der Waals surface area contributed by atoms with Gasteiger partial charge in [0.2, 0.25) is 5.91 Å². The maximum Gasteiger partial charge on any atom is 0.243 e. The van der Waals surface area contributed by atoms with Crippen molar-refractivity contribution < 1.29 is 9.18 Å². The third-order valence-electron chi connectivity index (χ3n) is 3.15. The molecule has 1 fully saturated rings. The normalized spacial score (nSPS) is 18.9. The average Bonchev–Trinajstić information content (AvgIpc) is 2.39. The highest BCUT2D eigenvalue weighted by Crippen LogP contribution is 2.16. The van der Waals surface area contributed by atoms with Crippen molar-refractivity contribution >= 4 is 24.0 Å². The van der Waals surface area contributed by atoms with Crippen LogP contribution in [0.25, 0.3) is 0 Å². The molecule has 1 aromatic carbocycles. The van der Waals surface area contributed by atoms with E-state index in [4.69, 9.17) is 0 Å². The van der Waals surface area contributed by atoms with Gasteiger partial charge in [-0.2, -0.15) is 0 Å². The van der Waals surface area contributed by atoms with E-state index in [0.717, 1.165) is 31.5 Å². The van der Waals surface area contributed by atoms with Crippen molar-refractivity contribution in [2.24, 2.45) is 0 Å². The van der Waals surface area contributed by atoms with E-state index in [0.29, 0.717) is 0 Å². The highest BCUT2D eigenvalue weighted by molar-refractivity contribution is 5.96. The molecule has 0 spiro atoms. The van der Waals surface area contributed by atoms with Crippen molar-refractivity contribution in [3.8, 4) is 0 Å². The molecule has 0 aromatic heterocycles. The van der Waals surface area contributed by atoms with Crippen LogP contribution in [0, 0.1) is 5.82 Å². The Morgan fingerprint density at radius 2 is 2.00 bits per heavy atom. The summed E-state index contributed by atoms with van der Waals surface area (Å²) in [5.41, 5.74) is 0.726. The van der Waals surface area contributed by atoms with Gasteiger partial charge in [-0.15, -0.1) is 12.4 Å². The number of carbonyl (C=O) groups is 1. The van der Waals surface area contributed by atoms with Crippen molar-refractivity contribution in [1.29, 1.82) is 0 Å². The lowest BCUT2D eigenvalue weighted by atomic mass is 10.0. The standard InChI is InChI=1S/C13H17FN2O.ClH/c1-16(11-7-5-10(14)6-8-11)13(17)12-4-2-3-9-15-12;/h5-8,12,15H,2-4,9H2,1H3;1H. The summed E-state index contributed by atoms with van der Waals surface area (Å²) in [6.45, 7) is 0.896. The Morgan fingerprint density at radius 1 is 1.33 bits per heavy atom. The molecule has 18 heavy (non-hydrogen) atoms. The van der Waals surface area contributed by atoms with E-state index in [-0.39, 0.29) is 30.2 Å². The second-order valence-corrected chi connectivity index (χ2v) is 4.38. The van der Waals surface area contributed by atoms with E-state index in [2.05, 4.69) is 5.32 Å². The molecule has 0 radical (unpaired) electrons. The molecule has 1 atom stereocenters. The molecule has 100 valence electrons. The maximum absolute atomic E-state index is 12.8. The number of likely N-dealkylation sites (N-methyl/N-ethyl adjacent to an activating group) is 1. The van der Waals surface area contributed by atoms with E-state index >= 15 is 0 Å². The quantitative estimate of drug-likeness (QED) is 0.896. The van der Waals surface area contributed by atoms with Crippen molar-refractivity contribution in [1.82, 2.24) is 5.32 Å². The molecule has 1 saturated heterocycles. The van der Waals surface area contributed by atoms with Crippen LogP contribution in [0.1, 0.15) is 19.3 Å². The molecule has 1 amide bonds. The number of anilines is 1. The average molecular weight is 273 g/mol. The first-order chi connectivity index (χ1) is 8.18. The zero-order valence-electron chi connectivity index (χ0n) is 10.4. The van der Waals surface area contributed by atoms with Gasteiger partial charge in [0.05, 0.1) is 6.04 Å². The number of amides is 1. The lowest BCUT2D eigenvalue weighted by molar-refractivity contribution is -0.120. The van der Waals surface area contributed by atoms with E-state index in [1.165, 1.54) is 12.1 Å². The summed E-state index contributed by atoms with van der Waals surface area (Å²) in [4.78, 5) is 13.7. The number of halogens is 2. The van der Waals surface area contributed by atoms with Gasteiger partial charge in [0.15, 0.2) is 0 Å². The predicted molar refractivity (Wildman–Crippen MR) is 72.7 cm³/mol. The van der Waals surface area contributed by atoms with E-state index < -0.39 is 0 Å². The zero-order valence-corrected chi connectivity index (χ0v) is 11.2. The number of hydrogen-bond acceptors (Lipinski definition) is 2. The molecular formula is C13H18ClFN2O. The highest BCUT2D eigenvalue weighted by atomic mass is 35.5. The summed E-state index contributed by atoms with van der Waals surface area (Å²) in [6, 6.07) is 5.88. The molecule has 1 heterocycles. The van der Waals surface area contributed by atoms with Gasteiger partial charge >= 0.3 is 0 Å². The Hall–Kier alpha value is -1.13. The second-order valence-electron chi connectivity index (χ2n) is 4.38. The van der Waals surface area contributed by atoms with Gasteiger partial charge in [0, 0.05) is 12.7 Å². The number of piperidine rings is 1. The van der Waals surface area contributed by atoms with Crippen LogP contribution in [-0.2, 0) is 4.79 Å². The Bertz CT molecular complexity index is 390. The highest BCUT2D eigenvalue weighted by Gasteiger charge is 2.24. The third kappa shape index (κ3) is 3.43. The zero-order chi connectivity index (χ0) is 12.3. The first-order valence-electron chi connectivity index (χ1n) is 5.95. The lowest BCUT2D eigenvalue weighted by Gasteiger charge is -2.27. The minimum absolute atomic E-state index is 0. The van der Waals surface area contributed by atoms with Gasteiger partial charge in [-0.25, -0.2) is 4.39 Å². The molecule has 1 aromatic rings. The fourth-order valence-corrected chi connectivity index (χ4v) is 2.09. The molecule has 5 heteroatoms. The minimum atomic E-state index is -0.287. The SMILES string of the molecule is CN(C(=O)C1CCCCN1)c1ccc(F)cc1.Cl. The molecule has 0 aliphatic carbocycles. The molecule has 0 saturated carbocycles. The molecule has 1 N–H and O–H groups in total. The van der Waals surface area contributed by atoms with Crippen molar-refractivity contribution in [2.45, 2.75) is 25.3 Å². The van der Waals surface area contributed by atoms with E-state index in [1.807, 2.05) is 0 Å². The Balaban J connectivity index is 0.00000162. The number of carbonyl (C=O) groups excluding carboxylic acids is 1. The summed E-state index contributed by atoms with van der Waals surface area (Å²) in [7, 11) is 1.73.